The summed E-state index contributed by atoms with van der Waals surface area (Å²) in [7, 11) is 3.12. The van der Waals surface area contributed by atoms with Crippen molar-refractivity contribution in [3.8, 4) is 11.5 Å². The van der Waals surface area contributed by atoms with Gasteiger partial charge >= 0.3 is 0 Å². The molecular weight excluding hydrogens is 408 g/mol. The van der Waals surface area contributed by atoms with Gasteiger partial charge in [0.1, 0.15) is 0 Å². The second-order valence-electron chi connectivity index (χ2n) is 7.09. The van der Waals surface area contributed by atoms with Gasteiger partial charge in [-0.25, -0.2) is 0 Å². The lowest BCUT2D eigenvalue weighted by molar-refractivity contribution is -0.384. The van der Waals surface area contributed by atoms with E-state index in [4.69, 9.17) is 9.47 Å². The molecule has 0 saturated carbocycles. The van der Waals surface area contributed by atoms with E-state index in [1.807, 2.05) is 49.4 Å². The fourth-order valence-electron chi connectivity index (χ4n) is 3.27. The molecule has 0 radical (unpaired) electrons. The molecule has 3 aromatic carbocycles. The standard InChI is InChI=1S/C25H24N2O5/c1-17(20-12-13-23(31-2)24(16-20)32-3)26-25(28)22(19-9-5-4-6-10-19)15-18-8-7-11-21(14-18)27(29)30/h4-17H,1-3H3,(H,26,28)/b22-15+. The maximum Gasteiger partial charge on any atom is 0.270 e. The summed E-state index contributed by atoms with van der Waals surface area (Å²) in [5, 5.41) is 14.1. The van der Waals surface area contributed by atoms with Crippen LogP contribution in [0, 0.1) is 10.1 Å². The number of methoxy groups -OCH3 is 2. The molecule has 0 heterocycles. The van der Waals surface area contributed by atoms with Crippen molar-refractivity contribution < 1.29 is 19.2 Å². The Bertz CT molecular complexity index is 1140. The number of non-ortho nitro benzene ring substituents is 1. The highest BCUT2D eigenvalue weighted by atomic mass is 16.6. The Balaban J connectivity index is 1.93. The van der Waals surface area contributed by atoms with Crippen molar-refractivity contribution >= 4 is 23.2 Å². The van der Waals surface area contributed by atoms with E-state index >= 15 is 0 Å². The highest BCUT2D eigenvalue weighted by Crippen LogP contribution is 2.30. The molecule has 1 amide bonds. The second kappa shape index (κ2) is 10.3. The molecule has 3 rings (SSSR count). The third-order valence-corrected chi connectivity index (χ3v) is 4.98. The fourth-order valence-corrected chi connectivity index (χ4v) is 3.27. The summed E-state index contributed by atoms with van der Waals surface area (Å²) >= 11 is 0. The zero-order chi connectivity index (χ0) is 23.1. The van der Waals surface area contributed by atoms with Crippen molar-refractivity contribution in [2.24, 2.45) is 0 Å². The van der Waals surface area contributed by atoms with Gasteiger partial charge in [-0.2, -0.15) is 0 Å². The molecule has 1 unspecified atom stereocenters. The first-order chi connectivity index (χ1) is 15.4. The monoisotopic (exact) mass is 432 g/mol. The van der Waals surface area contributed by atoms with Crippen molar-refractivity contribution in [3.63, 3.8) is 0 Å². The van der Waals surface area contributed by atoms with Crippen LogP contribution in [0.4, 0.5) is 5.69 Å². The molecule has 7 nitrogen and oxygen atoms in total. The first-order valence-corrected chi connectivity index (χ1v) is 9.97. The van der Waals surface area contributed by atoms with E-state index in [1.165, 1.54) is 12.1 Å². The maximum absolute atomic E-state index is 13.3. The molecule has 1 N–H and O–H groups in total. The molecule has 0 fully saturated rings. The van der Waals surface area contributed by atoms with Gasteiger partial charge in [0.2, 0.25) is 0 Å². The van der Waals surface area contributed by atoms with Crippen LogP contribution >= 0.6 is 0 Å². The minimum Gasteiger partial charge on any atom is -0.493 e. The lowest BCUT2D eigenvalue weighted by Gasteiger charge is -2.18. The summed E-state index contributed by atoms with van der Waals surface area (Å²) < 4.78 is 10.6. The Morgan fingerprint density at radius 1 is 0.969 bits per heavy atom. The molecule has 0 aliphatic heterocycles. The molecular formula is C25H24N2O5. The molecule has 0 aliphatic carbocycles. The number of rotatable bonds is 8. The van der Waals surface area contributed by atoms with Crippen molar-refractivity contribution in [2.45, 2.75) is 13.0 Å². The van der Waals surface area contributed by atoms with Crippen LogP contribution < -0.4 is 14.8 Å². The van der Waals surface area contributed by atoms with E-state index < -0.39 is 4.92 Å². The fraction of sp³-hybridized carbons (Fsp3) is 0.160. The summed E-state index contributed by atoms with van der Waals surface area (Å²) in [6.07, 6.45) is 1.65. The number of nitro benzene ring substituents is 1. The summed E-state index contributed by atoms with van der Waals surface area (Å²) in [6, 6.07) is 20.5. The van der Waals surface area contributed by atoms with Gasteiger partial charge in [0.05, 0.1) is 25.2 Å². The van der Waals surface area contributed by atoms with Crippen LogP contribution in [0.15, 0.2) is 72.8 Å². The molecule has 0 bridgehead atoms. The van der Waals surface area contributed by atoms with Gasteiger partial charge in [-0.15, -0.1) is 0 Å². The summed E-state index contributed by atoms with van der Waals surface area (Å²) in [4.78, 5) is 23.9. The number of nitrogens with zero attached hydrogens (tertiary/aromatic N) is 1. The molecule has 164 valence electrons. The van der Waals surface area contributed by atoms with Crippen LogP contribution in [0.5, 0.6) is 11.5 Å². The average Bonchev–Trinajstić information content (AvgIpc) is 2.82. The van der Waals surface area contributed by atoms with Crippen molar-refractivity contribution in [2.75, 3.05) is 14.2 Å². The molecule has 3 aromatic rings. The van der Waals surface area contributed by atoms with Gasteiger partial charge in [0.25, 0.3) is 11.6 Å². The maximum atomic E-state index is 13.3. The Labute approximate surface area is 186 Å². The van der Waals surface area contributed by atoms with E-state index in [0.29, 0.717) is 28.2 Å². The lowest BCUT2D eigenvalue weighted by Crippen LogP contribution is -2.27. The second-order valence-corrected chi connectivity index (χ2v) is 7.09. The largest absolute Gasteiger partial charge is 0.493 e. The minimum atomic E-state index is -0.460. The Kier molecular flexibility index (Phi) is 7.23. The summed E-state index contributed by atoms with van der Waals surface area (Å²) in [5.74, 6) is 0.872. The number of hydrogen-bond acceptors (Lipinski definition) is 5. The van der Waals surface area contributed by atoms with E-state index in [0.717, 1.165) is 5.56 Å². The van der Waals surface area contributed by atoms with Crippen LogP contribution in [0.25, 0.3) is 11.6 Å². The third kappa shape index (κ3) is 5.31. The number of nitrogens with one attached hydrogen (secondary N) is 1. The average molecular weight is 432 g/mol. The first-order valence-electron chi connectivity index (χ1n) is 9.97. The quantitative estimate of drug-likeness (QED) is 0.233. The van der Waals surface area contributed by atoms with E-state index in [1.54, 1.807) is 38.5 Å². The molecule has 7 heteroatoms. The van der Waals surface area contributed by atoms with Crippen molar-refractivity contribution in [1.29, 1.82) is 0 Å². The van der Waals surface area contributed by atoms with Gasteiger partial charge in [-0.3, -0.25) is 14.9 Å². The Morgan fingerprint density at radius 3 is 2.34 bits per heavy atom. The number of benzene rings is 3. The zero-order valence-electron chi connectivity index (χ0n) is 18.1. The van der Waals surface area contributed by atoms with Crippen LogP contribution in [0.3, 0.4) is 0 Å². The summed E-state index contributed by atoms with van der Waals surface area (Å²) in [5.41, 5.74) is 2.48. The van der Waals surface area contributed by atoms with E-state index in [2.05, 4.69) is 5.32 Å². The number of carbonyl (C=O) groups excluding carboxylic acids is 1. The van der Waals surface area contributed by atoms with Gasteiger partial charge in [0, 0.05) is 17.7 Å². The SMILES string of the molecule is COc1ccc(C(C)NC(=O)/C(=C/c2cccc([N+](=O)[O-])c2)c2ccccc2)cc1OC. The normalized spacial score (nSPS) is 12.0. The molecule has 0 aliphatic rings. The van der Waals surface area contributed by atoms with E-state index in [-0.39, 0.29) is 17.6 Å². The van der Waals surface area contributed by atoms with Crippen molar-refractivity contribution in [1.82, 2.24) is 5.32 Å². The molecule has 0 saturated heterocycles. The highest BCUT2D eigenvalue weighted by molar-refractivity contribution is 6.24. The number of nitro groups is 1. The van der Waals surface area contributed by atoms with Gasteiger partial charge in [0.15, 0.2) is 11.5 Å². The number of amides is 1. The molecule has 1 atom stereocenters. The third-order valence-electron chi connectivity index (χ3n) is 4.98. The number of carbonyl (C=O) groups is 1. The zero-order valence-corrected chi connectivity index (χ0v) is 18.1. The predicted molar refractivity (Wildman–Crippen MR) is 124 cm³/mol. The van der Waals surface area contributed by atoms with E-state index in [9.17, 15) is 14.9 Å². The Hall–Kier alpha value is -4.13. The van der Waals surface area contributed by atoms with Gasteiger partial charge in [-0.05, 0) is 41.8 Å². The molecule has 32 heavy (non-hydrogen) atoms. The van der Waals surface area contributed by atoms with Crippen LogP contribution in [-0.4, -0.2) is 25.1 Å². The van der Waals surface area contributed by atoms with Gasteiger partial charge < -0.3 is 14.8 Å². The smallest absolute Gasteiger partial charge is 0.270 e. The number of ether oxygens (including phenoxy) is 2. The van der Waals surface area contributed by atoms with Crippen LogP contribution in [-0.2, 0) is 4.79 Å². The van der Waals surface area contributed by atoms with Crippen LogP contribution in [0.1, 0.15) is 29.7 Å². The first kappa shape index (κ1) is 22.6. The molecule has 0 aromatic heterocycles. The number of hydrogen-bond donors (Lipinski definition) is 1. The van der Waals surface area contributed by atoms with Gasteiger partial charge in [-0.1, -0.05) is 48.5 Å². The summed E-state index contributed by atoms with van der Waals surface area (Å²) in [6.45, 7) is 1.87. The Morgan fingerprint density at radius 2 is 1.69 bits per heavy atom. The highest BCUT2D eigenvalue weighted by Gasteiger charge is 2.17. The lowest BCUT2D eigenvalue weighted by atomic mass is 10.0. The van der Waals surface area contributed by atoms with Crippen LogP contribution in [0.2, 0.25) is 0 Å². The predicted octanol–water partition coefficient (Wildman–Crippen LogP) is 5.03. The minimum absolute atomic E-state index is 0.0368. The topological polar surface area (TPSA) is 90.7 Å². The molecule has 0 spiro atoms. The van der Waals surface area contributed by atoms with Crippen molar-refractivity contribution in [3.05, 3.63) is 99.6 Å².